The predicted octanol–water partition coefficient (Wildman–Crippen LogP) is 2.23. The minimum atomic E-state index is -0.449. The zero-order chi connectivity index (χ0) is 9.56. The Kier molecular flexibility index (Phi) is 5.37. The third-order valence-corrected chi connectivity index (χ3v) is 1.28. The molecule has 0 heterocycles. The van der Waals surface area contributed by atoms with Gasteiger partial charge in [-0.1, -0.05) is 12.5 Å². The second-order valence-corrected chi connectivity index (χ2v) is 2.94. The van der Waals surface area contributed by atoms with E-state index in [-0.39, 0.29) is 6.10 Å². The van der Waals surface area contributed by atoms with Crippen molar-refractivity contribution < 1.29 is 14.6 Å². The van der Waals surface area contributed by atoms with Gasteiger partial charge in [-0.3, -0.25) is 4.89 Å². The highest BCUT2D eigenvalue weighted by Gasteiger charge is 2.03. The Morgan fingerprint density at radius 1 is 1.50 bits per heavy atom. The number of hydrogen-bond donors (Lipinski definition) is 0. The highest BCUT2D eigenvalue weighted by Crippen LogP contribution is 1.98. The fraction of sp³-hybridized carbons (Fsp3) is 0.667. The molecular formula is C9H16O3. The zero-order valence-corrected chi connectivity index (χ0v) is 8.09. The first-order valence-corrected chi connectivity index (χ1v) is 4.08. The van der Waals surface area contributed by atoms with E-state index in [9.17, 15) is 4.79 Å². The lowest BCUT2D eigenvalue weighted by Crippen LogP contribution is -2.10. The molecule has 0 radical (unpaired) electrons. The lowest BCUT2D eigenvalue weighted by atomic mass is 10.3. The summed E-state index contributed by atoms with van der Waals surface area (Å²) in [5.74, 6) is -0.449. The molecule has 3 heteroatoms. The van der Waals surface area contributed by atoms with Crippen molar-refractivity contribution >= 4 is 5.97 Å². The Balaban J connectivity index is 3.65. The van der Waals surface area contributed by atoms with Crippen molar-refractivity contribution in [3.63, 3.8) is 0 Å². The van der Waals surface area contributed by atoms with E-state index < -0.39 is 5.97 Å². The quantitative estimate of drug-likeness (QED) is 0.370. The van der Waals surface area contributed by atoms with E-state index in [1.54, 1.807) is 0 Å². The number of carbonyl (C=O) groups excluding carboxylic acids is 1. The molecule has 70 valence electrons. The summed E-state index contributed by atoms with van der Waals surface area (Å²) in [6, 6.07) is 0. The fourth-order valence-electron chi connectivity index (χ4n) is 0.457. The van der Waals surface area contributed by atoms with Gasteiger partial charge in [-0.2, -0.15) is 4.89 Å². The van der Waals surface area contributed by atoms with Gasteiger partial charge < -0.3 is 0 Å². The van der Waals surface area contributed by atoms with Gasteiger partial charge in [-0.15, -0.1) is 0 Å². The second kappa shape index (κ2) is 5.77. The van der Waals surface area contributed by atoms with Gasteiger partial charge in [-0.25, -0.2) is 4.79 Å². The average molecular weight is 172 g/mol. The zero-order valence-electron chi connectivity index (χ0n) is 8.09. The maximum absolute atomic E-state index is 10.9. The van der Waals surface area contributed by atoms with Gasteiger partial charge in [0.15, 0.2) is 0 Å². The van der Waals surface area contributed by atoms with Crippen molar-refractivity contribution in [3.05, 3.63) is 11.6 Å². The van der Waals surface area contributed by atoms with Gasteiger partial charge in [0.1, 0.15) is 6.10 Å². The molecule has 0 N–H and O–H groups in total. The number of hydrogen-bond acceptors (Lipinski definition) is 3. The molecule has 0 spiro atoms. The summed E-state index contributed by atoms with van der Waals surface area (Å²) >= 11 is 0. The summed E-state index contributed by atoms with van der Waals surface area (Å²) < 4.78 is 0. The van der Waals surface area contributed by atoms with Crippen molar-refractivity contribution in [2.24, 2.45) is 0 Å². The van der Waals surface area contributed by atoms with Crippen LogP contribution in [0.25, 0.3) is 0 Å². The lowest BCUT2D eigenvalue weighted by Gasteiger charge is -2.06. The van der Waals surface area contributed by atoms with Gasteiger partial charge >= 0.3 is 5.97 Å². The largest absolute Gasteiger partial charge is 0.365 e. The Bertz CT molecular complexity index is 169. The van der Waals surface area contributed by atoms with Crippen LogP contribution in [0.1, 0.15) is 34.1 Å². The number of rotatable bonds is 4. The molecule has 0 amide bonds. The van der Waals surface area contributed by atoms with Gasteiger partial charge in [0, 0.05) is 6.08 Å². The molecule has 3 nitrogen and oxygen atoms in total. The minimum Gasteiger partial charge on any atom is -0.293 e. The molecule has 0 bridgehead atoms. The van der Waals surface area contributed by atoms with Crippen LogP contribution >= 0.6 is 0 Å². The molecule has 0 aliphatic heterocycles. The van der Waals surface area contributed by atoms with Crippen LogP contribution in [0.4, 0.5) is 0 Å². The maximum Gasteiger partial charge on any atom is 0.365 e. The van der Waals surface area contributed by atoms with Gasteiger partial charge in [0.2, 0.25) is 0 Å². The smallest absolute Gasteiger partial charge is 0.293 e. The van der Waals surface area contributed by atoms with Crippen LogP contribution in [0.15, 0.2) is 11.6 Å². The Labute approximate surface area is 73.3 Å². The highest BCUT2D eigenvalue weighted by atomic mass is 17.2. The molecule has 0 fully saturated rings. The van der Waals surface area contributed by atoms with Crippen LogP contribution in [0, 0.1) is 0 Å². The normalized spacial score (nSPS) is 12.0. The number of carbonyl (C=O) groups is 1. The van der Waals surface area contributed by atoms with Crippen molar-refractivity contribution in [2.45, 2.75) is 40.2 Å². The summed E-state index contributed by atoms with van der Waals surface area (Å²) in [7, 11) is 0. The first kappa shape index (κ1) is 11.2. The molecular weight excluding hydrogens is 156 g/mol. The van der Waals surface area contributed by atoms with Gasteiger partial charge in [0.05, 0.1) is 0 Å². The second-order valence-electron chi connectivity index (χ2n) is 2.94. The van der Waals surface area contributed by atoms with Crippen LogP contribution < -0.4 is 0 Å². The van der Waals surface area contributed by atoms with E-state index in [1.807, 2.05) is 27.7 Å². The lowest BCUT2D eigenvalue weighted by molar-refractivity contribution is -0.290. The number of allylic oxidation sites excluding steroid dienone is 1. The Morgan fingerprint density at radius 3 is 2.50 bits per heavy atom. The van der Waals surface area contributed by atoms with E-state index in [0.717, 1.165) is 12.0 Å². The Morgan fingerprint density at radius 2 is 2.08 bits per heavy atom. The topological polar surface area (TPSA) is 35.5 Å². The van der Waals surface area contributed by atoms with Crippen molar-refractivity contribution in [3.8, 4) is 0 Å². The van der Waals surface area contributed by atoms with E-state index in [2.05, 4.69) is 4.89 Å². The summed E-state index contributed by atoms with van der Waals surface area (Å²) in [5.41, 5.74) is 0.896. The SMILES string of the molecule is CCC(C)OOC(=O)C=C(C)C. The molecule has 0 aliphatic carbocycles. The van der Waals surface area contributed by atoms with E-state index in [1.165, 1.54) is 6.08 Å². The molecule has 0 rings (SSSR count). The van der Waals surface area contributed by atoms with Crippen LogP contribution in [0.2, 0.25) is 0 Å². The predicted molar refractivity (Wildman–Crippen MR) is 46.4 cm³/mol. The van der Waals surface area contributed by atoms with E-state index in [4.69, 9.17) is 4.89 Å². The van der Waals surface area contributed by atoms with Crippen LogP contribution in [0.5, 0.6) is 0 Å². The molecule has 12 heavy (non-hydrogen) atoms. The molecule has 0 saturated carbocycles. The summed E-state index contributed by atoms with van der Waals surface area (Å²) in [6.07, 6.45) is 2.17. The van der Waals surface area contributed by atoms with Crippen molar-refractivity contribution in [2.75, 3.05) is 0 Å². The Hall–Kier alpha value is -0.830. The van der Waals surface area contributed by atoms with Crippen molar-refractivity contribution in [1.82, 2.24) is 0 Å². The molecule has 0 aromatic carbocycles. The van der Waals surface area contributed by atoms with E-state index >= 15 is 0 Å². The van der Waals surface area contributed by atoms with E-state index in [0.29, 0.717) is 0 Å². The molecule has 0 aliphatic rings. The van der Waals surface area contributed by atoms with Crippen LogP contribution in [-0.2, 0) is 14.6 Å². The molecule has 0 aromatic heterocycles. The average Bonchev–Trinajstić information content (AvgIpc) is 1.99. The first-order chi connectivity index (χ1) is 5.56. The highest BCUT2D eigenvalue weighted by molar-refractivity contribution is 5.82. The van der Waals surface area contributed by atoms with Crippen LogP contribution in [-0.4, -0.2) is 12.1 Å². The van der Waals surface area contributed by atoms with Gasteiger partial charge in [0.25, 0.3) is 0 Å². The van der Waals surface area contributed by atoms with Crippen LogP contribution in [0.3, 0.4) is 0 Å². The van der Waals surface area contributed by atoms with Gasteiger partial charge in [-0.05, 0) is 27.2 Å². The first-order valence-electron chi connectivity index (χ1n) is 4.08. The monoisotopic (exact) mass is 172 g/mol. The molecule has 1 atom stereocenters. The maximum atomic E-state index is 10.9. The summed E-state index contributed by atoms with van der Waals surface area (Å²) in [6.45, 7) is 7.45. The molecule has 1 unspecified atom stereocenters. The van der Waals surface area contributed by atoms with Crippen molar-refractivity contribution in [1.29, 1.82) is 0 Å². The third-order valence-electron chi connectivity index (χ3n) is 1.28. The molecule has 0 saturated heterocycles. The summed E-state index contributed by atoms with van der Waals surface area (Å²) in [5, 5.41) is 0. The summed E-state index contributed by atoms with van der Waals surface area (Å²) in [4.78, 5) is 20.1. The third kappa shape index (κ3) is 5.92. The fourth-order valence-corrected chi connectivity index (χ4v) is 0.457. The minimum absolute atomic E-state index is 0.0421. The standard InChI is InChI=1S/C9H16O3/c1-5-8(4)11-12-9(10)6-7(2)3/h6,8H,5H2,1-4H3. The molecule has 0 aromatic rings.